The summed E-state index contributed by atoms with van der Waals surface area (Å²) in [6.07, 6.45) is 12.7. The highest BCUT2D eigenvalue weighted by molar-refractivity contribution is 6.30. The number of aliphatic hydroxyl groups excluding tert-OH is 1. The first-order valence-corrected chi connectivity index (χ1v) is 14.2. The van der Waals surface area contributed by atoms with Gasteiger partial charge in [0.15, 0.2) is 0 Å². The number of carboxylic acid groups (broad SMARTS) is 1. The summed E-state index contributed by atoms with van der Waals surface area (Å²) in [6.45, 7) is 2.11. The molecule has 5 nitrogen and oxygen atoms in total. The average molecular weight is 522 g/mol. The van der Waals surface area contributed by atoms with Crippen molar-refractivity contribution in [1.29, 1.82) is 0 Å². The number of carboxylic acids is 1. The number of aromatic carboxylic acids is 1. The minimum atomic E-state index is -0.930. The molecule has 0 saturated heterocycles. The summed E-state index contributed by atoms with van der Waals surface area (Å²) in [7, 11) is 0. The highest BCUT2D eigenvalue weighted by Gasteiger charge is 2.45. The molecule has 196 valence electrons. The molecule has 1 saturated carbocycles. The predicted octanol–water partition coefficient (Wildman–Crippen LogP) is 6.25. The smallest absolute Gasteiger partial charge is 0.335 e. The number of carbonyl (C=O) groups is 1. The number of rotatable bonds is 5. The molecular weight excluding hydrogens is 486 g/mol. The number of aliphatic hydroxyl groups is 1. The van der Waals surface area contributed by atoms with Gasteiger partial charge in [0.1, 0.15) is 5.75 Å². The number of allylic oxidation sites excluding steroid dienone is 1. The molecule has 5 atom stereocenters. The number of fused-ring (bicyclic) bond motifs is 3. The standard InChI is InChI=1S/C31H36ClNO4/c32-24-10-12-26-21(15-24)7-4-14-31(26)18-33(27-16-22(30(35)36)9-13-28(27)37-19-31)17-23-8-11-25(23)29(34)20-5-2-1-3-6-20/h2,5,9-10,12-13,15-16,20,23,25,29,34H,1,3-4,6-8,11,14,17-19H2,(H,35,36)/t20-,23-,25+,29-,31?/m0/s1. The van der Waals surface area contributed by atoms with E-state index in [2.05, 4.69) is 29.2 Å². The second-order valence-electron chi connectivity index (χ2n) is 11.6. The van der Waals surface area contributed by atoms with E-state index in [0.717, 1.165) is 80.9 Å². The lowest BCUT2D eigenvalue weighted by Crippen LogP contribution is -2.50. The van der Waals surface area contributed by atoms with Crippen LogP contribution in [0.1, 0.15) is 66.4 Å². The van der Waals surface area contributed by atoms with Crippen LogP contribution in [0.4, 0.5) is 5.69 Å². The summed E-state index contributed by atoms with van der Waals surface area (Å²) in [5.41, 5.74) is 3.54. The van der Waals surface area contributed by atoms with Crippen LogP contribution in [0.3, 0.4) is 0 Å². The third-order valence-electron chi connectivity index (χ3n) is 9.38. The monoisotopic (exact) mass is 521 g/mol. The van der Waals surface area contributed by atoms with Gasteiger partial charge >= 0.3 is 5.97 Å². The summed E-state index contributed by atoms with van der Waals surface area (Å²) in [5, 5.41) is 21.8. The SMILES string of the molecule is O=C(O)c1ccc2c(c1)N(C[C@@H]1CC[C@H]1[C@@H](O)[C@H]1C=CCCC1)CC1(CCCc3cc(Cl)ccc31)CO2. The molecule has 1 aliphatic heterocycles. The van der Waals surface area contributed by atoms with Crippen LogP contribution in [0.25, 0.3) is 0 Å². The van der Waals surface area contributed by atoms with Crippen molar-refractivity contribution in [3.8, 4) is 5.75 Å². The van der Waals surface area contributed by atoms with E-state index in [0.29, 0.717) is 12.5 Å². The molecule has 6 rings (SSSR count). The normalized spacial score (nSPS) is 29.5. The molecular formula is C31H36ClNO4. The molecule has 2 aromatic rings. The number of hydrogen-bond donors (Lipinski definition) is 2. The Kier molecular flexibility index (Phi) is 6.70. The highest BCUT2D eigenvalue weighted by atomic mass is 35.5. The van der Waals surface area contributed by atoms with Gasteiger partial charge in [-0.15, -0.1) is 0 Å². The van der Waals surface area contributed by atoms with Crippen LogP contribution in [0, 0.1) is 17.8 Å². The van der Waals surface area contributed by atoms with E-state index in [-0.39, 0.29) is 28.9 Å². The molecule has 2 N–H and O–H groups in total. The predicted molar refractivity (Wildman–Crippen MR) is 146 cm³/mol. The quantitative estimate of drug-likeness (QED) is 0.455. The van der Waals surface area contributed by atoms with Gasteiger partial charge in [0, 0.05) is 29.4 Å². The first-order valence-electron chi connectivity index (χ1n) is 13.8. The number of halogens is 1. The fraction of sp³-hybridized carbons (Fsp3) is 0.516. The van der Waals surface area contributed by atoms with Crippen LogP contribution in [0.2, 0.25) is 5.02 Å². The Labute approximate surface area is 224 Å². The number of hydrogen-bond acceptors (Lipinski definition) is 4. The Hall–Kier alpha value is -2.50. The van der Waals surface area contributed by atoms with Gasteiger partial charge in [-0.3, -0.25) is 0 Å². The lowest BCUT2D eigenvalue weighted by atomic mass is 9.66. The zero-order valence-electron chi connectivity index (χ0n) is 21.2. The molecule has 1 fully saturated rings. The van der Waals surface area contributed by atoms with E-state index in [4.69, 9.17) is 16.3 Å². The highest BCUT2D eigenvalue weighted by Crippen LogP contribution is 2.47. The van der Waals surface area contributed by atoms with Crippen molar-refractivity contribution in [2.75, 3.05) is 24.6 Å². The number of nitrogens with zero attached hydrogens (tertiary/aromatic N) is 1. The molecule has 37 heavy (non-hydrogen) atoms. The summed E-state index contributed by atoms with van der Waals surface area (Å²) in [6, 6.07) is 11.5. The van der Waals surface area contributed by atoms with Crippen LogP contribution >= 0.6 is 11.6 Å². The van der Waals surface area contributed by atoms with E-state index in [1.54, 1.807) is 12.1 Å². The van der Waals surface area contributed by atoms with Crippen LogP contribution in [0.15, 0.2) is 48.6 Å². The first kappa shape index (κ1) is 24.8. The lowest BCUT2D eigenvalue weighted by molar-refractivity contribution is -0.0131. The van der Waals surface area contributed by atoms with Gasteiger partial charge < -0.3 is 19.8 Å². The lowest BCUT2D eigenvalue weighted by Gasteiger charge is -2.46. The van der Waals surface area contributed by atoms with Gasteiger partial charge in [0.25, 0.3) is 0 Å². The van der Waals surface area contributed by atoms with Crippen LogP contribution in [0.5, 0.6) is 5.75 Å². The summed E-state index contributed by atoms with van der Waals surface area (Å²) < 4.78 is 6.47. The van der Waals surface area contributed by atoms with Gasteiger partial charge in [-0.1, -0.05) is 29.8 Å². The Morgan fingerprint density at radius 3 is 2.81 bits per heavy atom. The first-order chi connectivity index (χ1) is 17.9. The topological polar surface area (TPSA) is 70.0 Å². The van der Waals surface area contributed by atoms with Crippen molar-refractivity contribution in [3.63, 3.8) is 0 Å². The Balaban J connectivity index is 1.34. The second-order valence-corrected chi connectivity index (χ2v) is 12.0. The van der Waals surface area contributed by atoms with Crippen LogP contribution < -0.4 is 9.64 Å². The maximum absolute atomic E-state index is 11.9. The molecule has 4 aliphatic rings. The fourth-order valence-corrected chi connectivity index (χ4v) is 7.44. The van der Waals surface area contributed by atoms with Gasteiger partial charge in [-0.2, -0.15) is 0 Å². The van der Waals surface area contributed by atoms with E-state index in [1.165, 1.54) is 11.1 Å². The molecule has 1 heterocycles. The Morgan fingerprint density at radius 2 is 2.05 bits per heavy atom. The van der Waals surface area contributed by atoms with Crippen molar-refractivity contribution < 1.29 is 19.7 Å². The molecule has 0 aromatic heterocycles. The number of aryl methyl sites for hydroxylation is 1. The van der Waals surface area contributed by atoms with E-state index >= 15 is 0 Å². The van der Waals surface area contributed by atoms with Crippen molar-refractivity contribution in [2.24, 2.45) is 17.8 Å². The second kappa shape index (κ2) is 9.99. The summed E-state index contributed by atoms with van der Waals surface area (Å²) in [4.78, 5) is 14.2. The molecule has 0 amide bonds. The Bertz CT molecular complexity index is 1210. The van der Waals surface area contributed by atoms with Crippen molar-refractivity contribution in [1.82, 2.24) is 0 Å². The van der Waals surface area contributed by atoms with Crippen molar-refractivity contribution in [3.05, 3.63) is 70.3 Å². The van der Waals surface area contributed by atoms with Gasteiger partial charge in [-0.25, -0.2) is 4.79 Å². The largest absolute Gasteiger partial charge is 0.490 e. The molecule has 1 unspecified atom stereocenters. The Morgan fingerprint density at radius 1 is 1.16 bits per heavy atom. The minimum Gasteiger partial charge on any atom is -0.490 e. The van der Waals surface area contributed by atoms with Crippen molar-refractivity contribution in [2.45, 2.75) is 62.9 Å². The third-order valence-corrected chi connectivity index (χ3v) is 9.62. The van der Waals surface area contributed by atoms with Gasteiger partial charge in [0.05, 0.1) is 24.0 Å². The molecule has 0 bridgehead atoms. The van der Waals surface area contributed by atoms with Gasteiger partial charge in [-0.05, 0) is 105 Å². The van der Waals surface area contributed by atoms with E-state index < -0.39 is 5.97 Å². The van der Waals surface area contributed by atoms with Crippen LogP contribution in [-0.2, 0) is 11.8 Å². The number of anilines is 1. The maximum Gasteiger partial charge on any atom is 0.335 e. The van der Waals surface area contributed by atoms with E-state index in [9.17, 15) is 15.0 Å². The maximum atomic E-state index is 11.9. The fourth-order valence-electron chi connectivity index (χ4n) is 7.24. The third kappa shape index (κ3) is 4.66. The number of ether oxygens (including phenoxy) is 1. The minimum absolute atomic E-state index is 0.190. The van der Waals surface area contributed by atoms with Crippen molar-refractivity contribution >= 4 is 23.3 Å². The molecule has 1 spiro atoms. The molecule has 3 aliphatic carbocycles. The van der Waals surface area contributed by atoms with E-state index in [1.807, 2.05) is 12.1 Å². The zero-order chi connectivity index (χ0) is 25.6. The summed E-state index contributed by atoms with van der Waals surface area (Å²) >= 11 is 6.36. The zero-order valence-corrected chi connectivity index (χ0v) is 22.0. The van der Waals surface area contributed by atoms with Gasteiger partial charge in [0.2, 0.25) is 0 Å². The van der Waals surface area contributed by atoms with Crippen LogP contribution in [-0.4, -0.2) is 42.0 Å². The molecule has 6 heteroatoms. The summed E-state index contributed by atoms with van der Waals surface area (Å²) in [5.74, 6) is 0.711. The number of benzene rings is 2. The average Bonchev–Trinajstić information content (AvgIpc) is 3.04. The molecule has 0 radical (unpaired) electrons. The molecule has 2 aromatic carbocycles.